The maximum absolute atomic E-state index is 14.2. The first kappa shape index (κ1) is 23.7. The normalized spacial score (nSPS) is 19.8. The topological polar surface area (TPSA) is 73.7 Å². The summed E-state index contributed by atoms with van der Waals surface area (Å²) in [5, 5.41) is 0.607. The molecule has 2 aliphatic heterocycles. The maximum Gasteiger partial charge on any atom is 0.243 e. The van der Waals surface area contributed by atoms with Gasteiger partial charge in [-0.05, 0) is 49.2 Å². The van der Waals surface area contributed by atoms with Crippen LogP contribution in [-0.4, -0.2) is 61.3 Å². The minimum atomic E-state index is -3.66. The molecule has 0 spiro atoms. The van der Waals surface area contributed by atoms with Gasteiger partial charge < -0.3 is 14.0 Å². The Balaban J connectivity index is 1.48. The predicted octanol–water partition coefficient (Wildman–Crippen LogP) is 3.81. The van der Waals surface area contributed by atoms with Gasteiger partial charge in [-0.15, -0.1) is 0 Å². The van der Waals surface area contributed by atoms with Crippen LogP contribution in [0.4, 0.5) is 8.78 Å². The molecule has 0 N–H and O–H groups in total. The van der Waals surface area contributed by atoms with Crippen LogP contribution in [-0.2, 0) is 31.8 Å². The van der Waals surface area contributed by atoms with Crippen molar-refractivity contribution in [3.63, 3.8) is 0 Å². The first-order valence-corrected chi connectivity index (χ1v) is 13.6. The Morgan fingerprint density at radius 1 is 1.09 bits per heavy atom. The van der Waals surface area contributed by atoms with Crippen molar-refractivity contribution in [3.8, 4) is 0 Å². The van der Waals surface area contributed by atoms with Crippen molar-refractivity contribution >= 4 is 32.8 Å². The number of imidazole rings is 1. The summed E-state index contributed by atoms with van der Waals surface area (Å²) in [6.07, 6.45) is 1.93. The van der Waals surface area contributed by atoms with Crippen LogP contribution >= 0.6 is 11.8 Å². The number of fused-ring (bicyclic) bond motifs is 1. The van der Waals surface area contributed by atoms with E-state index in [1.807, 2.05) is 4.57 Å². The molecule has 2 aromatic carbocycles. The molecule has 1 atom stereocenters. The molecular weight excluding hydrogens is 484 g/mol. The Morgan fingerprint density at radius 3 is 2.68 bits per heavy atom. The van der Waals surface area contributed by atoms with Crippen molar-refractivity contribution in [2.45, 2.75) is 41.3 Å². The second kappa shape index (κ2) is 9.90. The van der Waals surface area contributed by atoms with Gasteiger partial charge in [0.25, 0.3) is 0 Å². The lowest BCUT2D eigenvalue weighted by molar-refractivity contribution is 0.0730. The molecule has 3 heterocycles. The number of thioether (sulfide) groups is 1. The van der Waals surface area contributed by atoms with Gasteiger partial charge in [-0.1, -0.05) is 11.8 Å². The van der Waals surface area contributed by atoms with Crippen LogP contribution in [0.3, 0.4) is 0 Å². The number of morpholine rings is 1. The number of aromatic nitrogens is 2. The zero-order valence-electron chi connectivity index (χ0n) is 18.5. The van der Waals surface area contributed by atoms with E-state index in [4.69, 9.17) is 9.47 Å². The van der Waals surface area contributed by atoms with Gasteiger partial charge >= 0.3 is 0 Å². The van der Waals surface area contributed by atoms with E-state index >= 15 is 0 Å². The summed E-state index contributed by atoms with van der Waals surface area (Å²) in [5.41, 5.74) is 1.56. The summed E-state index contributed by atoms with van der Waals surface area (Å²) in [7, 11) is -3.66. The zero-order chi connectivity index (χ0) is 23.7. The second-order valence-corrected chi connectivity index (χ2v) is 11.2. The van der Waals surface area contributed by atoms with Gasteiger partial charge in [0, 0.05) is 31.0 Å². The van der Waals surface area contributed by atoms with Crippen LogP contribution in [0.15, 0.2) is 46.5 Å². The monoisotopic (exact) mass is 509 g/mol. The third-order valence-electron chi connectivity index (χ3n) is 6.07. The van der Waals surface area contributed by atoms with Crippen molar-refractivity contribution in [2.75, 3.05) is 32.9 Å². The summed E-state index contributed by atoms with van der Waals surface area (Å²) < 4.78 is 68.5. The summed E-state index contributed by atoms with van der Waals surface area (Å²) in [5.74, 6) is -0.783. The van der Waals surface area contributed by atoms with E-state index in [0.29, 0.717) is 50.1 Å². The molecule has 182 valence electrons. The van der Waals surface area contributed by atoms with E-state index in [9.17, 15) is 17.2 Å². The van der Waals surface area contributed by atoms with Crippen molar-refractivity contribution in [2.24, 2.45) is 0 Å². The van der Waals surface area contributed by atoms with E-state index < -0.39 is 21.7 Å². The highest BCUT2D eigenvalue weighted by Crippen LogP contribution is 2.31. The van der Waals surface area contributed by atoms with Crippen LogP contribution < -0.4 is 0 Å². The summed E-state index contributed by atoms with van der Waals surface area (Å²) in [6, 6.07) is 8.33. The van der Waals surface area contributed by atoms with Crippen LogP contribution in [0, 0.1) is 11.6 Å². The summed E-state index contributed by atoms with van der Waals surface area (Å²) in [6.45, 7) is 2.63. The average molecular weight is 510 g/mol. The number of rotatable bonds is 7. The van der Waals surface area contributed by atoms with Crippen molar-refractivity contribution in [1.29, 1.82) is 0 Å². The van der Waals surface area contributed by atoms with E-state index in [0.717, 1.165) is 30.5 Å². The quantitative estimate of drug-likeness (QED) is 0.451. The largest absolute Gasteiger partial charge is 0.379 e. The fourth-order valence-corrected chi connectivity index (χ4v) is 6.68. The maximum atomic E-state index is 14.2. The molecular formula is C23H25F2N3O4S2. The van der Waals surface area contributed by atoms with Gasteiger partial charge in [0.1, 0.15) is 11.6 Å². The fraction of sp³-hybridized carbons (Fsp3) is 0.435. The van der Waals surface area contributed by atoms with Gasteiger partial charge in [0.2, 0.25) is 10.0 Å². The Labute approximate surface area is 201 Å². The minimum absolute atomic E-state index is 0.0272. The molecule has 34 heavy (non-hydrogen) atoms. The van der Waals surface area contributed by atoms with E-state index in [1.54, 1.807) is 18.2 Å². The Hall–Kier alpha value is -2.05. The highest BCUT2D eigenvalue weighted by molar-refractivity contribution is 7.98. The van der Waals surface area contributed by atoms with Gasteiger partial charge in [0.05, 0.1) is 41.8 Å². The summed E-state index contributed by atoms with van der Waals surface area (Å²) in [4.78, 5) is 4.86. The first-order chi connectivity index (χ1) is 16.4. The fourth-order valence-electron chi connectivity index (χ4n) is 4.26. The van der Waals surface area contributed by atoms with Crippen LogP contribution in [0.25, 0.3) is 11.0 Å². The highest BCUT2D eigenvalue weighted by atomic mass is 32.2. The molecule has 0 saturated carbocycles. The molecule has 2 aliphatic rings. The Morgan fingerprint density at radius 2 is 1.91 bits per heavy atom. The lowest BCUT2D eigenvalue weighted by Crippen LogP contribution is -2.40. The Bertz CT molecular complexity index is 1290. The number of sulfonamides is 1. The van der Waals surface area contributed by atoms with E-state index in [-0.39, 0.29) is 22.3 Å². The number of nitrogens with zero attached hydrogens (tertiary/aromatic N) is 3. The standard InChI is InChI=1S/C23H25F2N3O4S2/c24-17-3-5-20(25)16(12-17)15-33-23-26-21-13-19(34(29,30)27-7-10-31-11-8-27)4-6-22(21)28(23)14-18-2-1-9-32-18/h3-6,12-13,18H,1-2,7-11,14-15H2/t18-/m0/s1. The van der Waals surface area contributed by atoms with Gasteiger partial charge in [0.15, 0.2) is 5.16 Å². The molecule has 7 nitrogen and oxygen atoms in total. The number of ether oxygens (including phenoxy) is 2. The molecule has 5 rings (SSSR count). The average Bonchev–Trinajstić information content (AvgIpc) is 3.48. The molecule has 1 aromatic heterocycles. The smallest absolute Gasteiger partial charge is 0.243 e. The summed E-state index contributed by atoms with van der Waals surface area (Å²) >= 11 is 1.29. The van der Waals surface area contributed by atoms with Crippen LogP contribution in [0.1, 0.15) is 18.4 Å². The van der Waals surface area contributed by atoms with Crippen LogP contribution in [0.2, 0.25) is 0 Å². The van der Waals surface area contributed by atoms with Crippen molar-refractivity contribution in [3.05, 3.63) is 53.6 Å². The zero-order valence-corrected chi connectivity index (χ0v) is 20.1. The first-order valence-electron chi connectivity index (χ1n) is 11.2. The lowest BCUT2D eigenvalue weighted by Gasteiger charge is -2.26. The number of halogens is 2. The van der Waals surface area contributed by atoms with Gasteiger partial charge in [-0.2, -0.15) is 4.31 Å². The molecule has 0 amide bonds. The van der Waals surface area contributed by atoms with E-state index in [2.05, 4.69) is 4.98 Å². The lowest BCUT2D eigenvalue weighted by atomic mass is 10.2. The molecule has 2 saturated heterocycles. The Kier molecular flexibility index (Phi) is 6.90. The molecule has 3 aromatic rings. The number of hydrogen-bond donors (Lipinski definition) is 0. The number of hydrogen-bond acceptors (Lipinski definition) is 6. The second-order valence-electron chi connectivity index (χ2n) is 8.33. The minimum Gasteiger partial charge on any atom is -0.379 e. The molecule has 0 aliphatic carbocycles. The number of benzene rings is 2. The van der Waals surface area contributed by atoms with Crippen molar-refractivity contribution in [1.82, 2.24) is 13.9 Å². The highest BCUT2D eigenvalue weighted by Gasteiger charge is 2.28. The van der Waals surface area contributed by atoms with Crippen molar-refractivity contribution < 1.29 is 26.7 Å². The SMILES string of the molecule is O=S(=O)(c1ccc2c(c1)nc(SCc1cc(F)ccc1F)n2C[C@@H]1CCCO1)N1CCOCC1. The molecule has 2 fully saturated rings. The predicted molar refractivity (Wildman–Crippen MR) is 124 cm³/mol. The molecule has 0 bridgehead atoms. The molecule has 0 unspecified atom stereocenters. The third-order valence-corrected chi connectivity index (χ3v) is 8.99. The molecule has 11 heteroatoms. The van der Waals surface area contributed by atoms with Gasteiger partial charge in [-0.25, -0.2) is 22.2 Å². The third kappa shape index (κ3) is 4.85. The van der Waals surface area contributed by atoms with Gasteiger partial charge in [-0.3, -0.25) is 0 Å². The van der Waals surface area contributed by atoms with Crippen LogP contribution in [0.5, 0.6) is 0 Å². The van der Waals surface area contributed by atoms with E-state index in [1.165, 1.54) is 22.1 Å². The molecule has 0 radical (unpaired) electrons.